The number of piperazine rings is 1. The summed E-state index contributed by atoms with van der Waals surface area (Å²) in [6.45, 7) is 7.48. The van der Waals surface area contributed by atoms with Crippen molar-refractivity contribution in [2.75, 3.05) is 37.6 Å². The summed E-state index contributed by atoms with van der Waals surface area (Å²) in [5.74, 6) is 2.56. The summed E-state index contributed by atoms with van der Waals surface area (Å²) in [7, 11) is 0. The molecule has 112 valence electrons. The molecular weight excluding hydrogens is 288 g/mol. The van der Waals surface area contributed by atoms with E-state index >= 15 is 0 Å². The smallest absolute Gasteiger partial charge is 0.255 e. The van der Waals surface area contributed by atoms with E-state index in [2.05, 4.69) is 24.9 Å². The summed E-state index contributed by atoms with van der Waals surface area (Å²) >= 11 is 6.25. The summed E-state index contributed by atoms with van der Waals surface area (Å²) in [5, 5.41) is 4.82. The van der Waals surface area contributed by atoms with Crippen LogP contribution in [0.25, 0.3) is 5.78 Å². The predicted molar refractivity (Wildman–Crippen MR) is 81.9 cm³/mol. The van der Waals surface area contributed by atoms with E-state index in [0.29, 0.717) is 10.9 Å². The molecule has 3 heterocycles. The first-order chi connectivity index (χ1) is 10.2. The van der Waals surface area contributed by atoms with Gasteiger partial charge in [-0.05, 0) is 25.7 Å². The summed E-state index contributed by atoms with van der Waals surface area (Å²) in [5.41, 5.74) is 0.977. The zero-order chi connectivity index (χ0) is 14.4. The average molecular weight is 307 g/mol. The molecule has 0 unspecified atom stereocenters. The number of aromatic nitrogens is 4. The minimum atomic E-state index is 0.519. The van der Waals surface area contributed by atoms with Crippen molar-refractivity contribution in [1.82, 2.24) is 24.5 Å². The van der Waals surface area contributed by atoms with Gasteiger partial charge < -0.3 is 4.90 Å². The van der Waals surface area contributed by atoms with Gasteiger partial charge in [-0.2, -0.15) is 19.6 Å². The number of hydrogen-bond acceptors (Lipinski definition) is 5. The first-order valence-corrected chi connectivity index (χ1v) is 7.93. The molecule has 2 fully saturated rings. The fraction of sp³-hybridized carbons (Fsp3) is 0.643. The van der Waals surface area contributed by atoms with Gasteiger partial charge in [0.2, 0.25) is 0 Å². The van der Waals surface area contributed by atoms with E-state index in [0.717, 1.165) is 43.5 Å². The second-order valence-electron chi connectivity index (χ2n) is 6.05. The molecule has 0 atom stereocenters. The van der Waals surface area contributed by atoms with Crippen LogP contribution in [0.5, 0.6) is 0 Å². The Bertz CT molecular complexity index is 657. The number of hydrogen-bond donors (Lipinski definition) is 0. The highest BCUT2D eigenvalue weighted by atomic mass is 35.5. The topological polar surface area (TPSA) is 49.6 Å². The van der Waals surface area contributed by atoms with E-state index in [1.54, 1.807) is 4.52 Å². The minimum absolute atomic E-state index is 0.519. The molecule has 0 amide bonds. The van der Waals surface area contributed by atoms with Gasteiger partial charge in [-0.25, -0.2) is 0 Å². The maximum Gasteiger partial charge on any atom is 0.255 e. The second kappa shape index (κ2) is 5.10. The van der Waals surface area contributed by atoms with Gasteiger partial charge in [-0.1, -0.05) is 11.6 Å². The van der Waals surface area contributed by atoms with Crippen LogP contribution >= 0.6 is 11.6 Å². The van der Waals surface area contributed by atoms with Crippen molar-refractivity contribution in [1.29, 1.82) is 0 Å². The Morgan fingerprint density at radius 2 is 2.00 bits per heavy atom. The van der Waals surface area contributed by atoms with Crippen LogP contribution < -0.4 is 4.90 Å². The van der Waals surface area contributed by atoms with E-state index in [4.69, 9.17) is 11.6 Å². The van der Waals surface area contributed by atoms with Gasteiger partial charge in [0.15, 0.2) is 0 Å². The Labute approximate surface area is 128 Å². The van der Waals surface area contributed by atoms with Crippen molar-refractivity contribution >= 4 is 23.2 Å². The maximum absolute atomic E-state index is 6.25. The summed E-state index contributed by atoms with van der Waals surface area (Å²) in [6.07, 6.45) is 4.36. The van der Waals surface area contributed by atoms with Gasteiger partial charge in [0.25, 0.3) is 5.78 Å². The van der Waals surface area contributed by atoms with Gasteiger partial charge in [-0.3, -0.25) is 4.90 Å². The van der Waals surface area contributed by atoms with E-state index < -0.39 is 0 Å². The van der Waals surface area contributed by atoms with Crippen LogP contribution in [0, 0.1) is 12.8 Å². The van der Waals surface area contributed by atoms with Crippen LogP contribution in [0.1, 0.15) is 18.4 Å². The minimum Gasteiger partial charge on any atom is -0.354 e. The van der Waals surface area contributed by atoms with Crippen LogP contribution in [0.4, 0.5) is 5.82 Å². The summed E-state index contributed by atoms with van der Waals surface area (Å²) in [4.78, 5) is 13.4. The number of fused-ring (bicyclic) bond motifs is 1. The molecule has 7 heteroatoms. The fourth-order valence-electron chi connectivity index (χ4n) is 3.06. The predicted octanol–water partition coefficient (Wildman–Crippen LogP) is 1.62. The standard InChI is InChI=1S/C14H19ClN6/c1-10-12(15)18-14-16-9-17-21(14)13(10)20-6-4-19(5-7-20)8-11-2-3-11/h9,11H,2-8H2,1H3. The molecule has 0 N–H and O–H groups in total. The summed E-state index contributed by atoms with van der Waals surface area (Å²) in [6, 6.07) is 0. The fourth-order valence-corrected chi connectivity index (χ4v) is 3.22. The van der Waals surface area contributed by atoms with Crippen LogP contribution in [0.3, 0.4) is 0 Å². The molecule has 21 heavy (non-hydrogen) atoms. The normalized spacial score (nSPS) is 20.4. The van der Waals surface area contributed by atoms with Crippen molar-refractivity contribution in [3.8, 4) is 0 Å². The molecular formula is C14H19ClN6. The Kier molecular flexibility index (Phi) is 3.23. The van der Waals surface area contributed by atoms with Crippen LogP contribution in [0.2, 0.25) is 5.15 Å². The number of rotatable bonds is 3. The lowest BCUT2D eigenvalue weighted by atomic mass is 10.2. The van der Waals surface area contributed by atoms with E-state index in [1.165, 1.54) is 25.7 Å². The quantitative estimate of drug-likeness (QED) is 0.807. The largest absolute Gasteiger partial charge is 0.354 e. The molecule has 0 bridgehead atoms. The Balaban J connectivity index is 1.58. The van der Waals surface area contributed by atoms with E-state index in [1.807, 2.05) is 6.92 Å². The van der Waals surface area contributed by atoms with Crippen molar-refractivity contribution < 1.29 is 0 Å². The first-order valence-electron chi connectivity index (χ1n) is 7.55. The van der Waals surface area contributed by atoms with Crippen LogP contribution in [0.15, 0.2) is 6.33 Å². The maximum atomic E-state index is 6.25. The van der Waals surface area contributed by atoms with Crippen LogP contribution in [-0.2, 0) is 0 Å². The molecule has 1 aliphatic heterocycles. The van der Waals surface area contributed by atoms with Crippen molar-refractivity contribution in [3.05, 3.63) is 17.0 Å². The molecule has 2 aromatic rings. The van der Waals surface area contributed by atoms with Gasteiger partial charge >= 0.3 is 0 Å². The third kappa shape index (κ3) is 2.46. The van der Waals surface area contributed by atoms with Gasteiger partial charge in [0.1, 0.15) is 17.3 Å². The lowest BCUT2D eigenvalue weighted by molar-refractivity contribution is 0.247. The lowest BCUT2D eigenvalue weighted by Gasteiger charge is -2.36. The molecule has 0 aromatic carbocycles. The van der Waals surface area contributed by atoms with Gasteiger partial charge in [-0.15, -0.1) is 0 Å². The molecule has 1 aliphatic carbocycles. The van der Waals surface area contributed by atoms with E-state index in [9.17, 15) is 0 Å². The van der Waals surface area contributed by atoms with Crippen LogP contribution in [-0.4, -0.2) is 57.2 Å². The summed E-state index contributed by atoms with van der Waals surface area (Å²) < 4.78 is 1.80. The Morgan fingerprint density at radius 1 is 1.24 bits per heavy atom. The highest BCUT2D eigenvalue weighted by Gasteiger charge is 2.28. The Hall–Kier alpha value is -1.40. The highest BCUT2D eigenvalue weighted by Crippen LogP contribution is 2.31. The molecule has 6 nitrogen and oxygen atoms in total. The molecule has 1 saturated carbocycles. The number of anilines is 1. The lowest BCUT2D eigenvalue weighted by Crippen LogP contribution is -2.47. The van der Waals surface area contributed by atoms with Gasteiger partial charge in [0, 0.05) is 38.3 Å². The van der Waals surface area contributed by atoms with Gasteiger partial charge in [0.05, 0.1) is 0 Å². The molecule has 2 aromatic heterocycles. The second-order valence-corrected chi connectivity index (χ2v) is 6.41. The molecule has 0 spiro atoms. The first kappa shape index (κ1) is 13.3. The van der Waals surface area contributed by atoms with Crippen molar-refractivity contribution in [2.45, 2.75) is 19.8 Å². The highest BCUT2D eigenvalue weighted by molar-refractivity contribution is 6.30. The zero-order valence-corrected chi connectivity index (χ0v) is 12.9. The number of halogens is 1. The van der Waals surface area contributed by atoms with Crippen molar-refractivity contribution in [2.24, 2.45) is 5.92 Å². The van der Waals surface area contributed by atoms with Crippen molar-refractivity contribution in [3.63, 3.8) is 0 Å². The molecule has 2 aliphatic rings. The molecule has 0 radical (unpaired) electrons. The average Bonchev–Trinajstić information content (AvgIpc) is 3.18. The Morgan fingerprint density at radius 3 is 2.71 bits per heavy atom. The zero-order valence-electron chi connectivity index (χ0n) is 12.2. The molecule has 4 rings (SSSR count). The third-order valence-corrected chi connectivity index (χ3v) is 4.83. The molecule has 1 saturated heterocycles. The van der Waals surface area contributed by atoms with E-state index in [-0.39, 0.29) is 0 Å². The third-order valence-electron chi connectivity index (χ3n) is 4.46. The monoisotopic (exact) mass is 306 g/mol. The number of nitrogens with zero attached hydrogens (tertiary/aromatic N) is 6. The SMILES string of the molecule is Cc1c(Cl)nc2ncnn2c1N1CCN(CC2CC2)CC1.